The van der Waals surface area contributed by atoms with Crippen LogP contribution in [0.25, 0.3) is 0 Å². The molecule has 6 N–H and O–H groups in total. The summed E-state index contributed by atoms with van der Waals surface area (Å²) in [5.41, 5.74) is 12.2. The smallest absolute Gasteiger partial charge is 0.251 e. The van der Waals surface area contributed by atoms with Crippen LogP contribution in [0.3, 0.4) is 0 Å². The lowest BCUT2D eigenvalue weighted by molar-refractivity contribution is -0.138. The highest BCUT2D eigenvalue weighted by molar-refractivity contribution is 6.07. The summed E-state index contributed by atoms with van der Waals surface area (Å²) in [7, 11) is 1.61. The van der Waals surface area contributed by atoms with E-state index in [0.29, 0.717) is 12.5 Å². The first-order valence-corrected chi connectivity index (χ1v) is 8.75. The number of hydrogen-bond donors (Lipinski definition) is 4. The third-order valence-corrected chi connectivity index (χ3v) is 4.22. The molecule has 9 nitrogen and oxygen atoms in total. The van der Waals surface area contributed by atoms with E-state index in [0.717, 1.165) is 24.9 Å². The minimum absolute atomic E-state index is 0.163. The molecule has 2 amide bonds. The van der Waals surface area contributed by atoms with Crippen LogP contribution in [0.1, 0.15) is 25.7 Å². The minimum atomic E-state index is -0.641. The number of rotatable bonds is 8. The van der Waals surface area contributed by atoms with Gasteiger partial charge in [-0.3, -0.25) is 19.9 Å². The second-order valence-corrected chi connectivity index (χ2v) is 6.31. The highest BCUT2D eigenvalue weighted by Gasteiger charge is 2.31. The molecule has 2 heterocycles. The topological polar surface area (TPSA) is 139 Å². The maximum absolute atomic E-state index is 12.4. The molecule has 1 aliphatic rings. The number of pyridine rings is 1. The number of anilines is 1. The molecule has 0 fully saturated rings. The molecule has 2 rings (SSSR count). The number of amides is 2. The maximum atomic E-state index is 12.4. The summed E-state index contributed by atoms with van der Waals surface area (Å²) >= 11 is 0. The van der Waals surface area contributed by atoms with Gasteiger partial charge in [-0.25, -0.2) is 4.99 Å². The number of aliphatic imine (C=N–C) groups is 1. The summed E-state index contributed by atoms with van der Waals surface area (Å²) in [6.45, 7) is 0.815. The summed E-state index contributed by atoms with van der Waals surface area (Å²) < 4.78 is 0. The summed E-state index contributed by atoms with van der Waals surface area (Å²) in [6, 6.07) is 2.72. The van der Waals surface area contributed by atoms with Gasteiger partial charge in [0, 0.05) is 25.7 Å². The zero-order valence-electron chi connectivity index (χ0n) is 15.0. The van der Waals surface area contributed by atoms with E-state index in [2.05, 4.69) is 20.6 Å². The van der Waals surface area contributed by atoms with E-state index in [4.69, 9.17) is 11.5 Å². The Morgan fingerprint density at radius 3 is 2.96 bits per heavy atom. The molecule has 0 aromatic carbocycles. The van der Waals surface area contributed by atoms with Crippen LogP contribution in [0.4, 0.5) is 5.69 Å². The molecule has 0 saturated carbocycles. The fourth-order valence-electron chi connectivity index (χ4n) is 2.64. The third kappa shape index (κ3) is 5.78. The van der Waals surface area contributed by atoms with Gasteiger partial charge in [0.15, 0.2) is 0 Å². The lowest BCUT2D eigenvalue weighted by Gasteiger charge is -2.30. The average Bonchev–Trinajstić information content (AvgIpc) is 2.62. The Labute approximate surface area is 153 Å². The number of guanidine groups is 1. The van der Waals surface area contributed by atoms with Crippen molar-refractivity contribution in [1.82, 2.24) is 15.2 Å². The van der Waals surface area contributed by atoms with Gasteiger partial charge in [-0.15, -0.1) is 0 Å². The van der Waals surface area contributed by atoms with Gasteiger partial charge < -0.3 is 21.7 Å². The quantitative estimate of drug-likeness (QED) is 0.467. The number of nitrogens with two attached hydrogens (primary N) is 2. The number of aromatic nitrogens is 1. The van der Waals surface area contributed by atoms with Gasteiger partial charge in [0.1, 0.15) is 6.04 Å². The van der Waals surface area contributed by atoms with Crippen molar-refractivity contribution in [1.29, 1.82) is 0 Å². The zero-order chi connectivity index (χ0) is 18.9. The fraction of sp³-hybridized carbons (Fsp3) is 0.529. The van der Waals surface area contributed by atoms with E-state index >= 15 is 0 Å². The van der Waals surface area contributed by atoms with Crippen molar-refractivity contribution in [3.05, 3.63) is 24.5 Å². The predicted molar refractivity (Wildman–Crippen MR) is 100 cm³/mol. The second-order valence-electron chi connectivity index (χ2n) is 6.31. The van der Waals surface area contributed by atoms with E-state index in [1.165, 1.54) is 4.90 Å². The van der Waals surface area contributed by atoms with Crippen molar-refractivity contribution in [3.63, 3.8) is 0 Å². The van der Waals surface area contributed by atoms with Crippen LogP contribution in [-0.4, -0.2) is 59.9 Å². The molecule has 0 bridgehead atoms. The zero-order valence-corrected chi connectivity index (χ0v) is 15.0. The first kappa shape index (κ1) is 19.8. The highest BCUT2D eigenvalue weighted by Crippen LogP contribution is 2.10. The normalized spacial score (nSPS) is 17.9. The number of nitrogens with zero attached hydrogens (tertiary/aromatic N) is 3. The Kier molecular flexibility index (Phi) is 7.49. The molecule has 1 aromatic heterocycles. The van der Waals surface area contributed by atoms with E-state index in [1.54, 1.807) is 25.5 Å². The number of nitrogens with one attached hydrogen (secondary N) is 2. The predicted octanol–water partition coefficient (Wildman–Crippen LogP) is -0.347. The van der Waals surface area contributed by atoms with Crippen LogP contribution in [0.2, 0.25) is 0 Å². The first-order valence-electron chi connectivity index (χ1n) is 8.75. The molecule has 1 aliphatic heterocycles. The Balaban J connectivity index is 1.86. The molecule has 0 saturated heterocycles. The monoisotopic (exact) mass is 361 g/mol. The summed E-state index contributed by atoms with van der Waals surface area (Å²) in [5.74, 6) is -0.0956. The Hall–Kier alpha value is -2.52. The molecular weight excluding hydrogens is 334 g/mol. The van der Waals surface area contributed by atoms with Crippen LogP contribution in [-0.2, 0) is 9.59 Å². The standard InChI is InChI=1S/C17H27N7O2/c1-24(15(25)9-12(19)5-2-3-7-18)14-11-21-17(23-16(14)26)22-13-6-4-8-20-10-13/h4,6,8,10,12,14H,2-3,5,7,9,11,18-19H2,1H3,(H2,21,22,23,26)/t12-,14?/m0/s1. The number of hydrogen-bond acceptors (Lipinski definition) is 7. The minimum Gasteiger partial charge on any atom is -0.332 e. The number of likely N-dealkylation sites (N-methyl/N-ethyl adjacent to an activating group) is 1. The van der Waals surface area contributed by atoms with E-state index in [-0.39, 0.29) is 30.8 Å². The summed E-state index contributed by atoms with van der Waals surface area (Å²) in [4.78, 5) is 34.4. The molecule has 2 atom stereocenters. The number of unbranched alkanes of at least 4 members (excludes halogenated alkanes) is 1. The van der Waals surface area contributed by atoms with E-state index < -0.39 is 6.04 Å². The fourth-order valence-corrected chi connectivity index (χ4v) is 2.64. The first-order chi connectivity index (χ1) is 12.5. The molecular formula is C17H27N7O2. The van der Waals surface area contributed by atoms with Gasteiger partial charge in [-0.2, -0.15) is 0 Å². The molecule has 0 spiro atoms. The van der Waals surface area contributed by atoms with Gasteiger partial charge >= 0.3 is 0 Å². The van der Waals surface area contributed by atoms with Crippen molar-refractivity contribution in [2.45, 2.75) is 37.8 Å². The average molecular weight is 361 g/mol. The Morgan fingerprint density at radius 2 is 2.31 bits per heavy atom. The molecule has 0 aliphatic carbocycles. The molecule has 9 heteroatoms. The highest BCUT2D eigenvalue weighted by atomic mass is 16.2. The Bertz CT molecular complexity index is 635. The number of carbonyl (C=O) groups is 2. The SMILES string of the molecule is CN(C(=O)C[C@@H](N)CCCCN)C1CN=C(Nc2cccnc2)NC1=O. The van der Waals surface area contributed by atoms with Crippen molar-refractivity contribution < 1.29 is 9.59 Å². The van der Waals surface area contributed by atoms with Crippen molar-refractivity contribution in [3.8, 4) is 0 Å². The van der Waals surface area contributed by atoms with Crippen LogP contribution >= 0.6 is 0 Å². The van der Waals surface area contributed by atoms with Crippen molar-refractivity contribution in [2.24, 2.45) is 16.5 Å². The van der Waals surface area contributed by atoms with Crippen molar-refractivity contribution in [2.75, 3.05) is 25.5 Å². The number of carbonyl (C=O) groups excluding carboxylic acids is 2. The van der Waals surface area contributed by atoms with Crippen molar-refractivity contribution >= 4 is 23.5 Å². The van der Waals surface area contributed by atoms with E-state index in [9.17, 15) is 9.59 Å². The molecule has 26 heavy (non-hydrogen) atoms. The summed E-state index contributed by atoms with van der Waals surface area (Å²) in [5, 5.41) is 5.66. The van der Waals surface area contributed by atoms with Gasteiger partial charge in [-0.05, 0) is 31.5 Å². The molecule has 1 unspecified atom stereocenters. The molecule has 142 valence electrons. The second kappa shape index (κ2) is 9.83. The molecule has 1 aromatic rings. The van der Waals surface area contributed by atoms with Crippen LogP contribution in [0.5, 0.6) is 0 Å². The van der Waals surface area contributed by atoms with E-state index in [1.807, 2.05) is 6.07 Å². The maximum Gasteiger partial charge on any atom is 0.251 e. The van der Waals surface area contributed by atoms with Gasteiger partial charge in [0.2, 0.25) is 11.9 Å². The van der Waals surface area contributed by atoms with Crippen LogP contribution < -0.4 is 22.1 Å². The lowest BCUT2D eigenvalue weighted by Crippen LogP contribution is -2.55. The summed E-state index contributed by atoms with van der Waals surface area (Å²) in [6.07, 6.45) is 6.02. The van der Waals surface area contributed by atoms with Crippen LogP contribution in [0.15, 0.2) is 29.5 Å². The van der Waals surface area contributed by atoms with Gasteiger partial charge in [-0.1, -0.05) is 6.42 Å². The van der Waals surface area contributed by atoms with Gasteiger partial charge in [0.05, 0.1) is 18.4 Å². The lowest BCUT2D eigenvalue weighted by atomic mass is 10.1. The van der Waals surface area contributed by atoms with Crippen LogP contribution in [0, 0.1) is 0 Å². The van der Waals surface area contributed by atoms with Gasteiger partial charge in [0.25, 0.3) is 5.91 Å². The largest absolute Gasteiger partial charge is 0.332 e. The molecule has 0 radical (unpaired) electrons. The Morgan fingerprint density at radius 1 is 1.50 bits per heavy atom. The third-order valence-electron chi connectivity index (χ3n) is 4.22.